The van der Waals surface area contributed by atoms with E-state index in [-0.39, 0.29) is 38.4 Å². The third-order valence-electron chi connectivity index (χ3n) is 5.62. The first-order valence-corrected chi connectivity index (χ1v) is 11.1. The van der Waals surface area contributed by atoms with Gasteiger partial charge in [-0.2, -0.15) is 4.98 Å². The van der Waals surface area contributed by atoms with Crippen LogP contribution in [-0.2, 0) is 20.7 Å². The summed E-state index contributed by atoms with van der Waals surface area (Å²) >= 11 is 0. The summed E-state index contributed by atoms with van der Waals surface area (Å²) in [5.74, 6) is 0.119. The van der Waals surface area contributed by atoms with E-state index in [2.05, 4.69) is 10.3 Å². The van der Waals surface area contributed by atoms with Gasteiger partial charge in [0.2, 0.25) is 0 Å². The first-order chi connectivity index (χ1) is 17.1. The molecule has 3 N–H and O–H groups in total. The fourth-order valence-electron chi connectivity index (χ4n) is 3.79. The van der Waals surface area contributed by atoms with Gasteiger partial charge in [0, 0.05) is 50.4 Å². The van der Waals surface area contributed by atoms with Crippen molar-refractivity contribution in [3.63, 3.8) is 0 Å². The molecule has 13 heteroatoms. The minimum Gasteiger partial charge on any atom is -0.496 e. The van der Waals surface area contributed by atoms with E-state index < -0.39 is 29.3 Å². The topological polar surface area (TPSA) is 166 Å². The minimum absolute atomic E-state index is 0.0697. The summed E-state index contributed by atoms with van der Waals surface area (Å²) < 4.78 is 11.5. The second kappa shape index (κ2) is 10.9. The number of aldehydes is 1. The maximum absolute atomic E-state index is 12.7. The molecule has 2 heterocycles. The van der Waals surface area contributed by atoms with Crippen LogP contribution in [0.1, 0.15) is 19.4 Å². The maximum Gasteiger partial charge on any atom is 0.405 e. The molecule has 13 nitrogen and oxygen atoms in total. The molecule has 1 aliphatic rings. The lowest BCUT2D eigenvalue weighted by Crippen LogP contribution is -2.56. The number of aromatic nitrogens is 2. The molecular formula is C23H28N6O7. The normalized spacial score (nSPS) is 13.6. The predicted octanol–water partition coefficient (Wildman–Crippen LogP) is 0.533. The van der Waals surface area contributed by atoms with Crippen LogP contribution in [0.5, 0.6) is 5.75 Å². The van der Waals surface area contributed by atoms with Crippen molar-refractivity contribution in [3.8, 4) is 11.4 Å². The van der Waals surface area contributed by atoms with Crippen LogP contribution in [0.15, 0.2) is 35.3 Å². The van der Waals surface area contributed by atoms with Crippen molar-refractivity contribution in [2.45, 2.75) is 25.9 Å². The maximum atomic E-state index is 12.7. The number of ether oxygens (including phenoxy) is 2. The molecule has 3 rings (SSSR count). The Bertz CT molecular complexity index is 1220. The lowest BCUT2D eigenvalue weighted by atomic mass is 10.1. The molecule has 4 amide bonds. The van der Waals surface area contributed by atoms with Gasteiger partial charge in [0.25, 0.3) is 5.91 Å². The van der Waals surface area contributed by atoms with Gasteiger partial charge in [-0.15, -0.1) is 0 Å². The van der Waals surface area contributed by atoms with Crippen LogP contribution in [0, 0.1) is 0 Å². The zero-order chi connectivity index (χ0) is 26.5. The summed E-state index contributed by atoms with van der Waals surface area (Å²) in [5, 5.41) is 2.59. The van der Waals surface area contributed by atoms with Gasteiger partial charge in [-0.1, -0.05) is 6.07 Å². The smallest absolute Gasteiger partial charge is 0.405 e. The molecule has 0 aliphatic carbocycles. The standard InChI is InChI=1S/C23H28N6O7/c1-23(2,36-20(24)32)19(31)27-9-11-28(12-10-27)21(33)25-18-6-8-29(22(34)26-18)16-5-4-15(7-13-30)17(14-16)35-3/h4-6,8,13-14H,7,9-12H2,1-3H3,(H2,24,32)(H,25,26,33,34). The number of carbonyl (C=O) groups excluding carboxylic acids is 4. The average Bonchev–Trinajstić information content (AvgIpc) is 2.83. The van der Waals surface area contributed by atoms with Gasteiger partial charge >= 0.3 is 17.8 Å². The molecule has 1 aliphatic heterocycles. The van der Waals surface area contributed by atoms with Crippen molar-refractivity contribution in [2.24, 2.45) is 5.73 Å². The Labute approximate surface area is 206 Å². The van der Waals surface area contributed by atoms with Crippen molar-refractivity contribution in [2.75, 3.05) is 38.6 Å². The second-order valence-electron chi connectivity index (χ2n) is 8.47. The lowest BCUT2D eigenvalue weighted by molar-refractivity contribution is -0.149. The van der Waals surface area contributed by atoms with Crippen LogP contribution in [0.3, 0.4) is 0 Å². The van der Waals surface area contributed by atoms with Gasteiger partial charge in [0.15, 0.2) is 5.60 Å². The summed E-state index contributed by atoms with van der Waals surface area (Å²) in [6.45, 7) is 3.82. The van der Waals surface area contributed by atoms with Crippen molar-refractivity contribution >= 4 is 30.1 Å². The molecule has 1 fully saturated rings. The highest BCUT2D eigenvalue weighted by Crippen LogP contribution is 2.22. The van der Waals surface area contributed by atoms with Gasteiger partial charge in [0.1, 0.15) is 17.9 Å². The van der Waals surface area contributed by atoms with E-state index >= 15 is 0 Å². The number of nitrogens with one attached hydrogen (secondary N) is 1. The molecule has 192 valence electrons. The number of urea groups is 1. The number of rotatable bonds is 7. The summed E-state index contributed by atoms with van der Waals surface area (Å²) in [5.41, 5.74) is 4.16. The molecule has 2 aromatic rings. The monoisotopic (exact) mass is 500 g/mol. The van der Waals surface area contributed by atoms with Gasteiger partial charge in [-0.05, 0) is 26.0 Å². The number of piperazine rings is 1. The fraction of sp³-hybridized carbons (Fsp3) is 0.391. The average molecular weight is 501 g/mol. The molecule has 1 saturated heterocycles. The summed E-state index contributed by atoms with van der Waals surface area (Å²) in [6, 6.07) is 5.99. The number of amides is 4. The number of carbonyl (C=O) groups is 4. The lowest BCUT2D eigenvalue weighted by Gasteiger charge is -2.37. The van der Waals surface area contributed by atoms with E-state index in [4.69, 9.17) is 15.2 Å². The molecule has 0 spiro atoms. The fourth-order valence-corrected chi connectivity index (χ4v) is 3.79. The highest BCUT2D eigenvalue weighted by molar-refractivity contribution is 5.89. The van der Waals surface area contributed by atoms with Crippen LogP contribution in [-0.4, -0.2) is 82.6 Å². The van der Waals surface area contributed by atoms with Crippen LogP contribution in [0.25, 0.3) is 5.69 Å². The zero-order valence-corrected chi connectivity index (χ0v) is 20.2. The number of primary amides is 1. The summed E-state index contributed by atoms with van der Waals surface area (Å²) in [4.78, 5) is 66.6. The van der Waals surface area contributed by atoms with E-state index in [1.165, 1.54) is 47.6 Å². The Morgan fingerprint density at radius 2 is 1.81 bits per heavy atom. The number of hydrogen-bond donors (Lipinski definition) is 2. The molecule has 0 saturated carbocycles. The molecule has 0 bridgehead atoms. The van der Waals surface area contributed by atoms with Crippen molar-refractivity contribution in [1.29, 1.82) is 0 Å². The largest absolute Gasteiger partial charge is 0.496 e. The molecule has 0 radical (unpaired) electrons. The third kappa shape index (κ3) is 5.98. The van der Waals surface area contributed by atoms with E-state index in [9.17, 15) is 24.0 Å². The number of nitrogens with zero attached hydrogens (tertiary/aromatic N) is 4. The van der Waals surface area contributed by atoms with Crippen LogP contribution < -0.4 is 21.5 Å². The minimum atomic E-state index is -1.41. The summed E-state index contributed by atoms with van der Waals surface area (Å²) in [7, 11) is 1.47. The van der Waals surface area contributed by atoms with E-state index in [0.29, 0.717) is 17.0 Å². The number of benzene rings is 1. The Hall–Kier alpha value is -4.42. The van der Waals surface area contributed by atoms with E-state index in [0.717, 1.165) is 6.29 Å². The van der Waals surface area contributed by atoms with Crippen LogP contribution in [0.2, 0.25) is 0 Å². The number of hydrogen-bond acceptors (Lipinski definition) is 8. The van der Waals surface area contributed by atoms with E-state index in [1.807, 2.05) is 0 Å². The Kier molecular flexibility index (Phi) is 7.92. The number of nitrogens with two attached hydrogens (primary N) is 1. The highest BCUT2D eigenvalue weighted by Gasteiger charge is 2.37. The molecule has 1 aromatic heterocycles. The molecule has 36 heavy (non-hydrogen) atoms. The quantitative estimate of drug-likeness (QED) is 0.520. The Balaban J connectivity index is 1.63. The van der Waals surface area contributed by atoms with Crippen LogP contribution in [0.4, 0.5) is 15.4 Å². The third-order valence-corrected chi connectivity index (χ3v) is 5.62. The molecular weight excluding hydrogens is 472 g/mol. The second-order valence-corrected chi connectivity index (χ2v) is 8.47. The molecule has 0 unspecified atom stereocenters. The van der Waals surface area contributed by atoms with Gasteiger partial charge < -0.3 is 29.8 Å². The predicted molar refractivity (Wildman–Crippen MR) is 128 cm³/mol. The molecule has 1 aromatic carbocycles. The van der Waals surface area contributed by atoms with E-state index in [1.54, 1.807) is 18.2 Å². The van der Waals surface area contributed by atoms with Crippen molar-refractivity contribution in [3.05, 3.63) is 46.5 Å². The zero-order valence-electron chi connectivity index (χ0n) is 20.2. The van der Waals surface area contributed by atoms with Crippen molar-refractivity contribution < 1.29 is 28.7 Å². The Morgan fingerprint density at radius 1 is 1.14 bits per heavy atom. The SMILES string of the molecule is COc1cc(-n2ccc(NC(=O)N3CCN(C(=O)C(C)(C)OC(N)=O)CC3)nc2=O)ccc1CC=O. The van der Waals surface area contributed by atoms with Crippen molar-refractivity contribution in [1.82, 2.24) is 19.4 Å². The van der Waals surface area contributed by atoms with Gasteiger partial charge in [-0.3, -0.25) is 14.7 Å². The van der Waals surface area contributed by atoms with Crippen LogP contribution >= 0.6 is 0 Å². The highest BCUT2D eigenvalue weighted by atomic mass is 16.6. The first kappa shape index (κ1) is 26.2. The molecule has 0 atom stereocenters. The van der Waals surface area contributed by atoms with Gasteiger partial charge in [0.05, 0.1) is 12.8 Å². The number of anilines is 1. The Morgan fingerprint density at radius 3 is 2.39 bits per heavy atom. The summed E-state index contributed by atoms with van der Waals surface area (Å²) in [6.07, 6.45) is 1.37. The van der Waals surface area contributed by atoms with Gasteiger partial charge in [-0.25, -0.2) is 14.4 Å². The first-order valence-electron chi connectivity index (χ1n) is 11.1. The number of methoxy groups -OCH3 is 1.